The summed E-state index contributed by atoms with van der Waals surface area (Å²) in [6.07, 6.45) is 0. The van der Waals surface area contributed by atoms with Gasteiger partial charge in [-0.1, -0.05) is 19.0 Å². The van der Waals surface area contributed by atoms with Gasteiger partial charge in [-0.25, -0.2) is 4.79 Å². The third-order valence-corrected chi connectivity index (χ3v) is 2.96. The van der Waals surface area contributed by atoms with E-state index >= 15 is 0 Å². The maximum absolute atomic E-state index is 11.8. The molecule has 1 rings (SSSR count). The van der Waals surface area contributed by atoms with Gasteiger partial charge in [0.15, 0.2) is 6.61 Å². The second-order valence-electron chi connectivity index (χ2n) is 4.88. The molecule has 6 nitrogen and oxygen atoms in total. The average molecular weight is 268 g/mol. The number of hydrogen-bond donors (Lipinski definition) is 1. The second-order valence-corrected chi connectivity index (χ2v) is 4.88. The van der Waals surface area contributed by atoms with E-state index in [-0.39, 0.29) is 24.1 Å². The molecule has 0 aliphatic carbocycles. The molecule has 1 N–H and O–H groups in total. The monoisotopic (exact) mass is 268 g/mol. The molecular formula is C13H20N2O4. The van der Waals surface area contributed by atoms with Crippen LogP contribution in [-0.2, 0) is 9.53 Å². The van der Waals surface area contributed by atoms with Gasteiger partial charge in [0.2, 0.25) is 0 Å². The zero-order valence-electron chi connectivity index (χ0n) is 11.9. The third-order valence-electron chi connectivity index (χ3n) is 2.96. The van der Waals surface area contributed by atoms with E-state index in [1.54, 1.807) is 13.8 Å². The van der Waals surface area contributed by atoms with Crippen LogP contribution in [0, 0.1) is 19.8 Å². The fourth-order valence-electron chi connectivity index (χ4n) is 1.44. The Morgan fingerprint density at radius 1 is 1.32 bits per heavy atom. The molecule has 19 heavy (non-hydrogen) atoms. The van der Waals surface area contributed by atoms with Gasteiger partial charge < -0.3 is 14.6 Å². The summed E-state index contributed by atoms with van der Waals surface area (Å²) < 4.78 is 9.81. The van der Waals surface area contributed by atoms with Crippen molar-refractivity contribution >= 4 is 11.9 Å². The van der Waals surface area contributed by atoms with Crippen LogP contribution in [0.5, 0.6) is 0 Å². The lowest BCUT2D eigenvalue weighted by Crippen LogP contribution is -2.38. The van der Waals surface area contributed by atoms with Crippen LogP contribution in [0.25, 0.3) is 0 Å². The summed E-state index contributed by atoms with van der Waals surface area (Å²) in [5, 5.41) is 6.41. The van der Waals surface area contributed by atoms with Crippen molar-refractivity contribution in [3.05, 3.63) is 17.0 Å². The van der Waals surface area contributed by atoms with Gasteiger partial charge in [0, 0.05) is 6.04 Å². The molecule has 0 aliphatic heterocycles. The number of nitrogens with zero attached hydrogens (tertiary/aromatic N) is 1. The number of hydrogen-bond acceptors (Lipinski definition) is 5. The molecule has 106 valence electrons. The molecule has 1 atom stereocenters. The molecule has 1 unspecified atom stereocenters. The van der Waals surface area contributed by atoms with Crippen LogP contribution in [0.3, 0.4) is 0 Å². The Labute approximate surface area is 112 Å². The number of amides is 1. The molecule has 6 heteroatoms. The molecule has 0 radical (unpaired) electrons. The van der Waals surface area contributed by atoms with Crippen molar-refractivity contribution < 1.29 is 18.8 Å². The number of rotatable bonds is 5. The molecule has 0 aliphatic rings. The highest BCUT2D eigenvalue weighted by atomic mass is 16.5. The first-order valence-corrected chi connectivity index (χ1v) is 6.22. The van der Waals surface area contributed by atoms with Crippen molar-refractivity contribution in [2.45, 2.75) is 40.7 Å². The predicted octanol–water partition coefficient (Wildman–Crippen LogP) is 1.61. The summed E-state index contributed by atoms with van der Waals surface area (Å²) in [4.78, 5) is 23.3. The Kier molecular flexibility index (Phi) is 5.09. The lowest BCUT2D eigenvalue weighted by molar-refractivity contribution is -0.125. The van der Waals surface area contributed by atoms with Gasteiger partial charge in [-0.05, 0) is 26.7 Å². The maximum Gasteiger partial charge on any atom is 0.344 e. The highest BCUT2D eigenvalue weighted by molar-refractivity contribution is 5.93. The Morgan fingerprint density at radius 3 is 2.42 bits per heavy atom. The Hall–Kier alpha value is -1.85. The lowest BCUT2D eigenvalue weighted by Gasteiger charge is -2.17. The van der Waals surface area contributed by atoms with Gasteiger partial charge in [0.1, 0.15) is 11.3 Å². The number of carbonyl (C=O) groups is 2. The SMILES string of the molecule is Cc1noc(C)c1C(=O)OCC(=O)NC(C)C(C)C. The van der Waals surface area contributed by atoms with Gasteiger partial charge >= 0.3 is 5.97 Å². The highest BCUT2D eigenvalue weighted by Crippen LogP contribution is 2.13. The van der Waals surface area contributed by atoms with E-state index in [1.807, 2.05) is 20.8 Å². The molecule has 0 fully saturated rings. The summed E-state index contributed by atoms with van der Waals surface area (Å²) >= 11 is 0. The molecule has 0 saturated heterocycles. The van der Waals surface area contributed by atoms with Crippen molar-refractivity contribution in [2.75, 3.05) is 6.61 Å². The minimum atomic E-state index is -0.594. The zero-order valence-corrected chi connectivity index (χ0v) is 11.9. The summed E-state index contributed by atoms with van der Waals surface area (Å²) in [6, 6.07) is 0.0327. The van der Waals surface area contributed by atoms with Crippen molar-refractivity contribution in [1.29, 1.82) is 0 Å². The normalized spacial score (nSPS) is 12.3. The summed E-state index contributed by atoms with van der Waals surface area (Å²) in [5.41, 5.74) is 0.739. The van der Waals surface area contributed by atoms with Crippen LogP contribution in [0.4, 0.5) is 0 Å². The minimum absolute atomic E-state index is 0.0327. The van der Waals surface area contributed by atoms with E-state index in [0.29, 0.717) is 17.4 Å². The molecular weight excluding hydrogens is 248 g/mol. The molecule has 0 saturated carbocycles. The van der Waals surface area contributed by atoms with Gasteiger partial charge in [-0.3, -0.25) is 4.79 Å². The molecule has 0 spiro atoms. The van der Waals surface area contributed by atoms with E-state index in [2.05, 4.69) is 10.5 Å². The number of carbonyl (C=O) groups excluding carboxylic acids is 2. The number of ether oxygens (including phenoxy) is 1. The molecule has 1 heterocycles. The third kappa shape index (κ3) is 4.08. The van der Waals surface area contributed by atoms with Crippen LogP contribution in [0.2, 0.25) is 0 Å². The van der Waals surface area contributed by atoms with Crippen LogP contribution >= 0.6 is 0 Å². The van der Waals surface area contributed by atoms with Crippen molar-refractivity contribution in [1.82, 2.24) is 10.5 Å². The molecule has 1 amide bonds. The standard InChI is InChI=1S/C13H20N2O4/c1-7(2)8(3)14-11(16)6-18-13(17)12-9(4)15-19-10(12)5/h7-8H,6H2,1-5H3,(H,14,16). The van der Waals surface area contributed by atoms with Crippen LogP contribution in [0.1, 0.15) is 42.6 Å². The fraction of sp³-hybridized carbons (Fsp3) is 0.615. The van der Waals surface area contributed by atoms with E-state index in [9.17, 15) is 9.59 Å². The largest absolute Gasteiger partial charge is 0.452 e. The number of nitrogens with one attached hydrogen (secondary N) is 1. The summed E-state index contributed by atoms with van der Waals surface area (Å²) in [5.74, 6) is -0.203. The van der Waals surface area contributed by atoms with Gasteiger partial charge in [0.25, 0.3) is 5.91 Å². The Morgan fingerprint density at radius 2 is 1.95 bits per heavy atom. The molecule has 1 aromatic heterocycles. The second kappa shape index (κ2) is 6.36. The predicted molar refractivity (Wildman–Crippen MR) is 68.7 cm³/mol. The summed E-state index contributed by atoms with van der Waals surface area (Å²) in [6.45, 7) is 8.87. The van der Waals surface area contributed by atoms with E-state index in [4.69, 9.17) is 9.26 Å². The first-order chi connectivity index (χ1) is 8.82. The first kappa shape index (κ1) is 15.2. The Balaban J connectivity index is 2.49. The topological polar surface area (TPSA) is 81.4 Å². The fourth-order valence-corrected chi connectivity index (χ4v) is 1.44. The minimum Gasteiger partial charge on any atom is -0.452 e. The zero-order chi connectivity index (χ0) is 14.6. The smallest absolute Gasteiger partial charge is 0.344 e. The first-order valence-electron chi connectivity index (χ1n) is 6.22. The van der Waals surface area contributed by atoms with E-state index in [0.717, 1.165) is 0 Å². The van der Waals surface area contributed by atoms with Crippen molar-refractivity contribution in [3.63, 3.8) is 0 Å². The number of aryl methyl sites for hydroxylation is 2. The lowest BCUT2D eigenvalue weighted by atomic mass is 10.1. The molecule has 0 aromatic carbocycles. The maximum atomic E-state index is 11.8. The van der Waals surface area contributed by atoms with Crippen LogP contribution < -0.4 is 5.32 Å². The van der Waals surface area contributed by atoms with Crippen molar-refractivity contribution in [3.8, 4) is 0 Å². The van der Waals surface area contributed by atoms with E-state index < -0.39 is 5.97 Å². The molecule has 0 bridgehead atoms. The summed E-state index contributed by atoms with van der Waals surface area (Å²) in [7, 11) is 0. The van der Waals surface area contributed by atoms with Crippen LogP contribution in [-0.4, -0.2) is 29.7 Å². The van der Waals surface area contributed by atoms with Gasteiger partial charge in [-0.15, -0.1) is 0 Å². The highest BCUT2D eigenvalue weighted by Gasteiger charge is 2.20. The van der Waals surface area contributed by atoms with Gasteiger partial charge in [0.05, 0.1) is 5.69 Å². The Bertz CT molecular complexity index is 446. The quantitative estimate of drug-likeness (QED) is 0.820. The average Bonchev–Trinajstić information content (AvgIpc) is 2.66. The molecule has 1 aromatic rings. The number of esters is 1. The van der Waals surface area contributed by atoms with E-state index in [1.165, 1.54) is 0 Å². The van der Waals surface area contributed by atoms with Crippen molar-refractivity contribution in [2.24, 2.45) is 5.92 Å². The number of aromatic nitrogens is 1. The van der Waals surface area contributed by atoms with Gasteiger partial charge in [-0.2, -0.15) is 0 Å². The van der Waals surface area contributed by atoms with Crippen LogP contribution in [0.15, 0.2) is 4.52 Å².